The number of fused-ring (bicyclic) bond motifs is 1. The minimum Gasteiger partial charge on any atom is -0.356 e. The van der Waals surface area contributed by atoms with E-state index in [9.17, 15) is 9.18 Å². The summed E-state index contributed by atoms with van der Waals surface area (Å²) >= 11 is 0. The van der Waals surface area contributed by atoms with Gasteiger partial charge < -0.3 is 14.3 Å². The number of halogens is 1. The molecule has 0 N–H and O–H groups in total. The molecule has 1 saturated heterocycles. The van der Waals surface area contributed by atoms with Crippen molar-refractivity contribution in [1.29, 1.82) is 0 Å². The maximum atomic E-state index is 13.4. The molecule has 34 heavy (non-hydrogen) atoms. The van der Waals surface area contributed by atoms with Crippen molar-refractivity contribution in [2.45, 2.75) is 63.7 Å². The van der Waals surface area contributed by atoms with E-state index in [2.05, 4.69) is 22.2 Å². The number of carbonyl (C=O) groups is 1. The lowest BCUT2D eigenvalue weighted by Crippen LogP contribution is -2.39. The quantitative estimate of drug-likeness (QED) is 0.462. The van der Waals surface area contributed by atoms with E-state index in [0.29, 0.717) is 23.8 Å². The van der Waals surface area contributed by atoms with Crippen molar-refractivity contribution in [1.82, 2.24) is 10.1 Å². The average Bonchev–Trinajstić information content (AvgIpc) is 3.27. The van der Waals surface area contributed by atoms with Crippen molar-refractivity contribution in [2.75, 3.05) is 31.1 Å². The number of aromatic nitrogens is 1. The smallest absolute Gasteiger partial charge is 0.227 e. The maximum absolute atomic E-state index is 13.4. The van der Waals surface area contributed by atoms with Gasteiger partial charge in [-0.1, -0.05) is 17.3 Å². The Hall–Kier alpha value is -2.73. The number of rotatable bonds is 6. The van der Waals surface area contributed by atoms with E-state index in [-0.39, 0.29) is 5.82 Å². The molecule has 4 heterocycles. The number of likely N-dealkylation sites (tertiary alicyclic amines) is 1. The Morgan fingerprint density at radius 3 is 2.68 bits per heavy atom. The standard InChI is InChI=1S/C28H32FN3O2/c29-23-7-8-24-25(18-23)34-30-27(24)20-10-14-31(15-11-20)12-2-1-4-19-16-21-5-3-13-32-26(33)9-6-22(17-19)28(21)32/h7-8,16-18,20H,1-6,9-15H2. The summed E-state index contributed by atoms with van der Waals surface area (Å²) in [4.78, 5) is 16.9. The fourth-order valence-corrected chi connectivity index (χ4v) is 6.19. The summed E-state index contributed by atoms with van der Waals surface area (Å²) in [6.45, 7) is 4.18. The predicted octanol–water partition coefficient (Wildman–Crippen LogP) is 5.39. The number of nitrogens with zero attached hydrogens (tertiary/aromatic N) is 3. The summed E-state index contributed by atoms with van der Waals surface area (Å²) < 4.78 is 18.8. The highest BCUT2D eigenvalue weighted by atomic mass is 19.1. The third-order valence-corrected chi connectivity index (χ3v) is 7.96. The highest BCUT2D eigenvalue weighted by Gasteiger charge is 2.29. The molecule has 5 nitrogen and oxygen atoms in total. The molecule has 2 aromatic carbocycles. The molecule has 3 aliphatic heterocycles. The Morgan fingerprint density at radius 2 is 1.82 bits per heavy atom. The van der Waals surface area contributed by atoms with Crippen molar-refractivity contribution in [3.63, 3.8) is 0 Å². The Balaban J connectivity index is 1.00. The number of aryl methyl sites for hydroxylation is 3. The lowest BCUT2D eigenvalue weighted by molar-refractivity contribution is -0.119. The summed E-state index contributed by atoms with van der Waals surface area (Å²) in [6.07, 6.45) is 9.40. The summed E-state index contributed by atoms with van der Waals surface area (Å²) in [5.74, 6) is 0.411. The van der Waals surface area contributed by atoms with Crippen LogP contribution in [0.5, 0.6) is 0 Å². The molecule has 6 heteroatoms. The van der Waals surface area contributed by atoms with E-state index < -0.39 is 0 Å². The second-order valence-corrected chi connectivity index (χ2v) is 10.2. The zero-order valence-corrected chi connectivity index (χ0v) is 19.7. The number of benzene rings is 2. The number of amides is 1. The summed E-state index contributed by atoms with van der Waals surface area (Å²) in [5.41, 5.74) is 6.99. The number of piperidine rings is 1. The lowest BCUT2D eigenvalue weighted by atomic mass is 9.88. The van der Waals surface area contributed by atoms with Crippen molar-refractivity contribution in [3.05, 3.63) is 58.5 Å². The van der Waals surface area contributed by atoms with Crippen molar-refractivity contribution in [3.8, 4) is 0 Å². The van der Waals surface area contributed by atoms with Crippen LogP contribution >= 0.6 is 0 Å². The molecule has 0 atom stereocenters. The molecule has 0 bridgehead atoms. The Bertz CT molecular complexity index is 1190. The number of hydrogen-bond acceptors (Lipinski definition) is 4. The van der Waals surface area contributed by atoms with Crippen LogP contribution in [0.1, 0.15) is 66.8 Å². The molecule has 1 fully saturated rings. The van der Waals surface area contributed by atoms with Crippen LogP contribution in [0.2, 0.25) is 0 Å². The maximum Gasteiger partial charge on any atom is 0.227 e. The SMILES string of the molecule is O=C1CCc2cc(CCCCN3CCC(c4noc5cc(F)ccc45)CC3)cc3c2N1CCC3. The summed E-state index contributed by atoms with van der Waals surface area (Å²) in [7, 11) is 0. The molecule has 3 aliphatic rings. The summed E-state index contributed by atoms with van der Waals surface area (Å²) in [5, 5.41) is 5.22. The van der Waals surface area contributed by atoms with Crippen LogP contribution in [-0.4, -0.2) is 42.1 Å². The third-order valence-electron chi connectivity index (χ3n) is 7.96. The molecule has 178 valence electrons. The zero-order valence-electron chi connectivity index (χ0n) is 19.7. The van der Waals surface area contributed by atoms with Gasteiger partial charge in [0.05, 0.1) is 11.4 Å². The minimum absolute atomic E-state index is 0.281. The zero-order chi connectivity index (χ0) is 23.1. The monoisotopic (exact) mass is 461 g/mol. The van der Waals surface area contributed by atoms with Crippen LogP contribution in [0, 0.1) is 5.82 Å². The van der Waals surface area contributed by atoms with Gasteiger partial charge in [0.15, 0.2) is 5.58 Å². The third kappa shape index (κ3) is 4.13. The number of carbonyl (C=O) groups excluding carboxylic acids is 1. The highest BCUT2D eigenvalue weighted by Crippen LogP contribution is 2.37. The molecule has 0 radical (unpaired) electrons. The molecule has 0 spiro atoms. The molecule has 1 amide bonds. The van der Waals surface area contributed by atoms with E-state index in [0.717, 1.165) is 75.8 Å². The van der Waals surface area contributed by atoms with Gasteiger partial charge in [-0.25, -0.2) is 4.39 Å². The van der Waals surface area contributed by atoms with Crippen LogP contribution in [0.15, 0.2) is 34.9 Å². The van der Waals surface area contributed by atoms with Gasteiger partial charge in [-0.05, 0) is 99.8 Å². The van der Waals surface area contributed by atoms with Gasteiger partial charge in [-0.15, -0.1) is 0 Å². The minimum atomic E-state index is -0.281. The van der Waals surface area contributed by atoms with Crippen LogP contribution < -0.4 is 4.90 Å². The Morgan fingerprint density at radius 1 is 1.00 bits per heavy atom. The first-order chi connectivity index (χ1) is 16.7. The molecule has 0 aliphatic carbocycles. The van der Waals surface area contributed by atoms with Gasteiger partial charge in [0, 0.05) is 30.3 Å². The van der Waals surface area contributed by atoms with E-state index in [4.69, 9.17) is 4.52 Å². The molecule has 3 aromatic rings. The molecular formula is C28H32FN3O2. The largest absolute Gasteiger partial charge is 0.356 e. The molecule has 0 saturated carbocycles. The first-order valence-corrected chi connectivity index (χ1v) is 12.9. The fraction of sp³-hybridized carbons (Fsp3) is 0.500. The molecule has 6 rings (SSSR count). The van der Waals surface area contributed by atoms with Gasteiger partial charge in [0.25, 0.3) is 0 Å². The lowest BCUT2D eigenvalue weighted by Gasteiger charge is -2.35. The van der Waals surface area contributed by atoms with Gasteiger partial charge in [-0.3, -0.25) is 4.79 Å². The summed E-state index contributed by atoms with van der Waals surface area (Å²) in [6, 6.07) is 9.44. The first kappa shape index (κ1) is 21.8. The van der Waals surface area contributed by atoms with Gasteiger partial charge in [0.2, 0.25) is 5.91 Å². The molecular weight excluding hydrogens is 429 g/mol. The van der Waals surface area contributed by atoms with Crippen molar-refractivity contribution < 1.29 is 13.7 Å². The van der Waals surface area contributed by atoms with Crippen molar-refractivity contribution >= 4 is 22.6 Å². The van der Waals surface area contributed by atoms with E-state index in [1.165, 1.54) is 47.4 Å². The topological polar surface area (TPSA) is 49.6 Å². The normalized spacial score (nSPS) is 19.1. The molecule has 0 unspecified atom stereocenters. The van der Waals surface area contributed by atoms with E-state index in [1.54, 1.807) is 6.07 Å². The number of hydrogen-bond donors (Lipinski definition) is 0. The van der Waals surface area contributed by atoms with Gasteiger partial charge in [-0.2, -0.15) is 0 Å². The number of anilines is 1. The van der Waals surface area contributed by atoms with Gasteiger partial charge >= 0.3 is 0 Å². The van der Waals surface area contributed by atoms with Crippen LogP contribution in [0.25, 0.3) is 11.0 Å². The molecule has 1 aromatic heterocycles. The average molecular weight is 462 g/mol. The Labute approximate surface area is 199 Å². The first-order valence-electron chi connectivity index (χ1n) is 12.9. The Kier molecular flexibility index (Phi) is 5.85. The fourth-order valence-electron chi connectivity index (χ4n) is 6.19. The van der Waals surface area contributed by atoms with Crippen LogP contribution in [0.3, 0.4) is 0 Å². The highest BCUT2D eigenvalue weighted by molar-refractivity contribution is 5.97. The second kappa shape index (κ2) is 9.14. The van der Waals surface area contributed by atoms with Crippen LogP contribution in [-0.2, 0) is 24.1 Å². The second-order valence-electron chi connectivity index (χ2n) is 10.2. The van der Waals surface area contributed by atoms with Gasteiger partial charge in [0.1, 0.15) is 5.82 Å². The van der Waals surface area contributed by atoms with E-state index in [1.807, 2.05) is 4.90 Å². The van der Waals surface area contributed by atoms with E-state index >= 15 is 0 Å². The predicted molar refractivity (Wildman–Crippen MR) is 131 cm³/mol. The van der Waals surface area contributed by atoms with Crippen molar-refractivity contribution in [2.24, 2.45) is 0 Å². The number of unbranched alkanes of at least 4 members (excludes halogenated alkanes) is 1. The van der Waals surface area contributed by atoms with Crippen LogP contribution in [0.4, 0.5) is 10.1 Å².